The van der Waals surface area contributed by atoms with Crippen LogP contribution in [0.25, 0.3) is 11.3 Å². The Kier molecular flexibility index (Phi) is 4.62. The molecule has 0 amide bonds. The smallest absolute Gasteiger partial charge is 0.240 e. The first-order chi connectivity index (χ1) is 10.5. The van der Waals surface area contributed by atoms with Crippen LogP contribution in [0.3, 0.4) is 0 Å². The first kappa shape index (κ1) is 15.8. The van der Waals surface area contributed by atoms with E-state index in [4.69, 9.17) is 25.7 Å². The lowest BCUT2D eigenvalue weighted by atomic mass is 10.1. The minimum Gasteiger partial charge on any atom is -0.493 e. The van der Waals surface area contributed by atoms with E-state index in [2.05, 4.69) is 15.2 Å². The Morgan fingerprint density at radius 1 is 1.00 bits per heavy atom. The highest BCUT2D eigenvalue weighted by Crippen LogP contribution is 2.41. The number of nitrogen functional groups attached to an aromatic ring is 1. The lowest BCUT2D eigenvalue weighted by Gasteiger charge is -2.15. The number of aromatic nitrogens is 3. The van der Waals surface area contributed by atoms with E-state index in [0.717, 1.165) is 0 Å². The molecule has 0 saturated heterocycles. The highest BCUT2D eigenvalue weighted by molar-refractivity contribution is 5.70. The van der Waals surface area contributed by atoms with Crippen LogP contribution in [0.4, 0.5) is 5.95 Å². The molecule has 8 nitrogen and oxygen atoms in total. The maximum absolute atomic E-state index is 5.93. The molecule has 4 N–H and O–H groups in total. The molecule has 8 heteroatoms. The quantitative estimate of drug-likeness (QED) is 0.845. The number of methoxy groups -OCH3 is 3. The first-order valence-electron chi connectivity index (χ1n) is 6.57. The van der Waals surface area contributed by atoms with Crippen molar-refractivity contribution >= 4 is 5.95 Å². The van der Waals surface area contributed by atoms with Gasteiger partial charge in [0.15, 0.2) is 11.5 Å². The van der Waals surface area contributed by atoms with Gasteiger partial charge >= 0.3 is 0 Å². The average molecular weight is 305 g/mol. The minimum atomic E-state index is -0.352. The number of benzene rings is 1. The molecule has 0 spiro atoms. The van der Waals surface area contributed by atoms with E-state index in [1.165, 1.54) is 7.11 Å². The Hall–Kier alpha value is -2.61. The van der Waals surface area contributed by atoms with Crippen molar-refractivity contribution in [1.29, 1.82) is 0 Å². The number of hydrogen-bond acceptors (Lipinski definition) is 8. The fourth-order valence-electron chi connectivity index (χ4n) is 2.08. The molecule has 1 aromatic heterocycles. The Balaban J connectivity index is 2.70. The van der Waals surface area contributed by atoms with E-state index in [1.807, 2.05) is 0 Å². The Bertz CT molecular complexity index is 651. The van der Waals surface area contributed by atoms with Crippen LogP contribution in [0.1, 0.15) is 18.7 Å². The zero-order valence-electron chi connectivity index (χ0n) is 13.0. The second kappa shape index (κ2) is 6.44. The van der Waals surface area contributed by atoms with E-state index in [-0.39, 0.29) is 12.0 Å². The number of nitrogens with two attached hydrogens (primary N) is 2. The predicted molar refractivity (Wildman–Crippen MR) is 81.9 cm³/mol. The molecule has 0 saturated carbocycles. The van der Waals surface area contributed by atoms with Crippen molar-refractivity contribution in [2.75, 3.05) is 27.1 Å². The summed E-state index contributed by atoms with van der Waals surface area (Å²) in [6, 6.07) is 3.17. The molecule has 2 aromatic rings. The highest BCUT2D eigenvalue weighted by atomic mass is 16.5. The van der Waals surface area contributed by atoms with Crippen molar-refractivity contribution in [2.45, 2.75) is 13.0 Å². The van der Waals surface area contributed by atoms with E-state index >= 15 is 0 Å². The molecular formula is C14H19N5O3. The molecule has 1 atom stereocenters. The monoisotopic (exact) mass is 305 g/mol. The molecule has 1 heterocycles. The van der Waals surface area contributed by atoms with E-state index in [1.54, 1.807) is 33.3 Å². The molecule has 0 aliphatic carbocycles. The second-order valence-corrected chi connectivity index (χ2v) is 4.61. The van der Waals surface area contributed by atoms with Gasteiger partial charge in [-0.05, 0) is 19.1 Å². The number of nitrogens with zero attached hydrogens (tertiary/aromatic N) is 3. The standard InChI is InChI=1S/C14H19N5O3/c1-7(15)11-12(17-14(16)19-18-11)8-5-9(20-2)13(22-4)10(6-8)21-3/h5-7H,15H2,1-4H3,(H2,16,17,19). The van der Waals surface area contributed by atoms with Crippen LogP contribution < -0.4 is 25.7 Å². The lowest BCUT2D eigenvalue weighted by Crippen LogP contribution is -2.13. The van der Waals surface area contributed by atoms with Crippen molar-refractivity contribution in [3.8, 4) is 28.5 Å². The van der Waals surface area contributed by atoms with Crippen LogP contribution in [0.5, 0.6) is 17.2 Å². The summed E-state index contributed by atoms with van der Waals surface area (Å²) in [5, 5.41) is 7.79. The average Bonchev–Trinajstić information content (AvgIpc) is 2.52. The van der Waals surface area contributed by atoms with E-state index in [0.29, 0.717) is 34.2 Å². The summed E-state index contributed by atoms with van der Waals surface area (Å²) in [7, 11) is 4.62. The Labute approximate surface area is 128 Å². The summed E-state index contributed by atoms with van der Waals surface area (Å²) in [5.41, 5.74) is 13.3. The largest absolute Gasteiger partial charge is 0.493 e. The van der Waals surface area contributed by atoms with Gasteiger partial charge < -0.3 is 25.7 Å². The molecule has 0 fully saturated rings. The number of rotatable bonds is 5. The van der Waals surface area contributed by atoms with E-state index in [9.17, 15) is 0 Å². The predicted octanol–water partition coefficient (Wildman–Crippen LogP) is 1.17. The summed E-state index contributed by atoms with van der Waals surface area (Å²) in [6.45, 7) is 1.80. The summed E-state index contributed by atoms with van der Waals surface area (Å²) >= 11 is 0. The fraction of sp³-hybridized carbons (Fsp3) is 0.357. The van der Waals surface area contributed by atoms with Crippen LogP contribution in [-0.2, 0) is 0 Å². The van der Waals surface area contributed by atoms with Gasteiger partial charge in [0.05, 0.1) is 27.0 Å². The van der Waals surface area contributed by atoms with Gasteiger partial charge in [-0.15, -0.1) is 10.2 Å². The SMILES string of the molecule is COc1cc(-c2nc(N)nnc2C(C)N)cc(OC)c1OC. The topological polar surface area (TPSA) is 118 Å². The molecule has 118 valence electrons. The third-order valence-corrected chi connectivity index (χ3v) is 3.10. The summed E-state index contributed by atoms with van der Waals surface area (Å²) in [4.78, 5) is 4.24. The molecule has 2 rings (SSSR count). The van der Waals surface area contributed by atoms with Crippen molar-refractivity contribution in [1.82, 2.24) is 15.2 Å². The van der Waals surface area contributed by atoms with Crippen LogP contribution >= 0.6 is 0 Å². The maximum atomic E-state index is 5.93. The summed E-state index contributed by atoms with van der Waals surface area (Å²) in [6.07, 6.45) is 0. The molecule has 0 aliphatic rings. The van der Waals surface area contributed by atoms with Gasteiger partial charge in [0.2, 0.25) is 11.7 Å². The summed E-state index contributed by atoms with van der Waals surface area (Å²) < 4.78 is 16.0. The van der Waals surface area contributed by atoms with Crippen molar-refractivity contribution in [2.24, 2.45) is 5.73 Å². The molecule has 1 unspecified atom stereocenters. The summed E-state index contributed by atoms with van der Waals surface area (Å²) in [5.74, 6) is 1.56. The molecule has 0 aliphatic heterocycles. The zero-order chi connectivity index (χ0) is 16.3. The molecule has 0 radical (unpaired) electrons. The van der Waals surface area contributed by atoms with Gasteiger partial charge in [-0.1, -0.05) is 0 Å². The normalized spacial score (nSPS) is 11.9. The number of anilines is 1. The van der Waals surface area contributed by atoms with Crippen LogP contribution in [-0.4, -0.2) is 36.5 Å². The van der Waals surface area contributed by atoms with Gasteiger partial charge in [-0.3, -0.25) is 0 Å². The van der Waals surface area contributed by atoms with Crippen molar-refractivity contribution in [3.63, 3.8) is 0 Å². The molecule has 1 aromatic carbocycles. The zero-order valence-corrected chi connectivity index (χ0v) is 13.0. The Morgan fingerprint density at radius 3 is 2.05 bits per heavy atom. The van der Waals surface area contributed by atoms with Crippen molar-refractivity contribution in [3.05, 3.63) is 17.8 Å². The maximum Gasteiger partial charge on any atom is 0.240 e. The van der Waals surface area contributed by atoms with Crippen LogP contribution in [0.2, 0.25) is 0 Å². The van der Waals surface area contributed by atoms with E-state index < -0.39 is 0 Å². The van der Waals surface area contributed by atoms with Crippen LogP contribution in [0, 0.1) is 0 Å². The molecule has 22 heavy (non-hydrogen) atoms. The van der Waals surface area contributed by atoms with Crippen molar-refractivity contribution < 1.29 is 14.2 Å². The lowest BCUT2D eigenvalue weighted by molar-refractivity contribution is 0.324. The minimum absolute atomic E-state index is 0.0631. The third kappa shape index (κ3) is 2.86. The van der Waals surface area contributed by atoms with Gasteiger partial charge in [0, 0.05) is 11.6 Å². The van der Waals surface area contributed by atoms with Crippen LogP contribution in [0.15, 0.2) is 12.1 Å². The first-order valence-corrected chi connectivity index (χ1v) is 6.57. The fourth-order valence-corrected chi connectivity index (χ4v) is 2.08. The number of ether oxygens (including phenoxy) is 3. The van der Waals surface area contributed by atoms with Gasteiger partial charge in [-0.2, -0.15) is 0 Å². The van der Waals surface area contributed by atoms with Gasteiger partial charge in [0.1, 0.15) is 5.69 Å². The number of hydrogen-bond donors (Lipinski definition) is 2. The second-order valence-electron chi connectivity index (χ2n) is 4.61. The molecule has 0 bridgehead atoms. The molecular weight excluding hydrogens is 286 g/mol. The van der Waals surface area contributed by atoms with Gasteiger partial charge in [-0.25, -0.2) is 4.98 Å². The Morgan fingerprint density at radius 2 is 1.59 bits per heavy atom. The third-order valence-electron chi connectivity index (χ3n) is 3.10. The van der Waals surface area contributed by atoms with Gasteiger partial charge in [0.25, 0.3) is 0 Å². The highest BCUT2D eigenvalue weighted by Gasteiger charge is 2.19.